The fraction of sp³-hybridized carbons (Fsp3) is 0.179. The molecule has 3 aromatic carbocycles. The van der Waals surface area contributed by atoms with E-state index in [9.17, 15) is 0 Å². The number of pyridine rings is 1. The van der Waals surface area contributed by atoms with Gasteiger partial charge in [0.15, 0.2) is 0 Å². The predicted molar refractivity (Wildman–Crippen MR) is 128 cm³/mol. The van der Waals surface area contributed by atoms with Crippen LogP contribution in [0, 0.1) is 6.92 Å². The normalized spacial score (nSPS) is 12.2. The molecule has 0 fully saturated rings. The molecule has 0 atom stereocenters. The van der Waals surface area contributed by atoms with Crippen molar-refractivity contribution in [2.45, 2.75) is 26.7 Å². The summed E-state index contributed by atoms with van der Waals surface area (Å²) in [4.78, 5) is 0. The lowest BCUT2D eigenvalue weighted by Gasteiger charge is -2.11. The van der Waals surface area contributed by atoms with Gasteiger partial charge in [0.1, 0.15) is 16.6 Å². The maximum atomic E-state index is 6.46. The van der Waals surface area contributed by atoms with Crippen molar-refractivity contribution < 1.29 is 8.98 Å². The van der Waals surface area contributed by atoms with E-state index in [1.54, 1.807) is 0 Å². The highest BCUT2D eigenvalue weighted by Gasteiger charge is 2.28. The Morgan fingerprint density at radius 1 is 0.806 bits per heavy atom. The van der Waals surface area contributed by atoms with E-state index in [2.05, 4.69) is 97.7 Å². The SMILES string of the molecule is Cc1c(C(C)C)ccc2c3ccccc3n(-c3c4oc5ccccc5c4cc[n+]3C)c12. The van der Waals surface area contributed by atoms with Crippen molar-refractivity contribution in [1.29, 1.82) is 0 Å². The Hall–Kier alpha value is -3.59. The van der Waals surface area contributed by atoms with Gasteiger partial charge in [0.2, 0.25) is 5.58 Å². The Morgan fingerprint density at radius 3 is 2.35 bits per heavy atom. The summed E-state index contributed by atoms with van der Waals surface area (Å²) in [5.74, 6) is 1.52. The number of para-hydroxylation sites is 2. The number of aryl methyl sites for hydroxylation is 2. The minimum atomic E-state index is 0.464. The third kappa shape index (κ3) is 2.43. The number of furan rings is 1. The first-order chi connectivity index (χ1) is 15.1. The highest BCUT2D eigenvalue weighted by atomic mass is 16.3. The standard InChI is InChI=1S/C28H25N2O/c1-17(2)19-13-14-22-20-9-5-7-11-24(20)30(26(22)18(19)3)28-27-23(15-16-29(28)4)21-10-6-8-12-25(21)31-27/h5-17H,1-4H3/q+1. The van der Waals surface area contributed by atoms with Crippen molar-refractivity contribution in [3.63, 3.8) is 0 Å². The van der Waals surface area contributed by atoms with Crippen molar-refractivity contribution in [1.82, 2.24) is 4.57 Å². The second-order valence-corrected chi connectivity index (χ2v) is 8.77. The molecule has 3 nitrogen and oxygen atoms in total. The Morgan fingerprint density at radius 2 is 1.55 bits per heavy atom. The van der Waals surface area contributed by atoms with E-state index in [-0.39, 0.29) is 0 Å². The van der Waals surface area contributed by atoms with Crippen LogP contribution >= 0.6 is 0 Å². The molecule has 3 heterocycles. The molecule has 3 aromatic heterocycles. The second-order valence-electron chi connectivity index (χ2n) is 8.77. The van der Waals surface area contributed by atoms with Crippen molar-refractivity contribution in [2.75, 3.05) is 0 Å². The molecular weight excluding hydrogens is 380 g/mol. The zero-order valence-electron chi connectivity index (χ0n) is 18.3. The first kappa shape index (κ1) is 18.2. The molecule has 0 aliphatic heterocycles. The van der Waals surface area contributed by atoms with Crippen LogP contribution in [0.25, 0.3) is 49.6 Å². The average molecular weight is 406 g/mol. The summed E-state index contributed by atoms with van der Waals surface area (Å²) in [6.07, 6.45) is 2.14. The van der Waals surface area contributed by atoms with Crippen molar-refractivity contribution in [3.05, 3.63) is 84.1 Å². The molecule has 0 unspecified atom stereocenters. The molecule has 31 heavy (non-hydrogen) atoms. The lowest BCUT2D eigenvalue weighted by atomic mass is 9.95. The van der Waals surface area contributed by atoms with E-state index < -0.39 is 0 Å². The summed E-state index contributed by atoms with van der Waals surface area (Å²) in [5.41, 5.74) is 7.02. The smallest absolute Gasteiger partial charge is 0.331 e. The fourth-order valence-electron chi connectivity index (χ4n) is 5.16. The number of aromatic nitrogens is 2. The number of hydrogen-bond acceptors (Lipinski definition) is 1. The maximum Gasteiger partial charge on any atom is 0.331 e. The van der Waals surface area contributed by atoms with Crippen molar-refractivity contribution in [2.24, 2.45) is 7.05 Å². The van der Waals surface area contributed by atoms with Gasteiger partial charge < -0.3 is 4.42 Å². The molecule has 6 rings (SSSR count). The van der Waals surface area contributed by atoms with Crippen LogP contribution < -0.4 is 4.57 Å². The van der Waals surface area contributed by atoms with Gasteiger partial charge in [-0.3, -0.25) is 0 Å². The molecule has 0 aliphatic rings. The Bertz CT molecular complexity index is 1630. The van der Waals surface area contributed by atoms with Gasteiger partial charge >= 0.3 is 5.82 Å². The van der Waals surface area contributed by atoms with Crippen LogP contribution in [0.2, 0.25) is 0 Å². The summed E-state index contributed by atoms with van der Waals surface area (Å²) in [7, 11) is 2.10. The van der Waals surface area contributed by atoms with Gasteiger partial charge in [-0.15, -0.1) is 0 Å². The first-order valence-electron chi connectivity index (χ1n) is 10.9. The molecule has 0 aliphatic carbocycles. The van der Waals surface area contributed by atoms with Crippen LogP contribution in [-0.4, -0.2) is 4.57 Å². The third-order valence-electron chi connectivity index (χ3n) is 6.60. The van der Waals surface area contributed by atoms with Gasteiger partial charge in [-0.25, -0.2) is 4.57 Å². The van der Waals surface area contributed by atoms with Crippen molar-refractivity contribution in [3.8, 4) is 5.82 Å². The molecule has 152 valence electrons. The fourth-order valence-corrected chi connectivity index (χ4v) is 5.16. The van der Waals surface area contributed by atoms with E-state index in [1.165, 1.54) is 32.9 Å². The largest absolute Gasteiger partial charge is 0.447 e. The number of fused-ring (bicyclic) bond motifs is 6. The van der Waals surface area contributed by atoms with Crippen molar-refractivity contribution >= 4 is 43.7 Å². The second kappa shape index (κ2) is 6.45. The van der Waals surface area contributed by atoms with E-state index in [1.807, 2.05) is 12.1 Å². The van der Waals surface area contributed by atoms with Gasteiger partial charge in [0, 0.05) is 27.1 Å². The number of rotatable bonds is 2. The Balaban J connectivity index is 1.87. The molecule has 6 aromatic rings. The van der Waals surface area contributed by atoms with E-state index in [0.29, 0.717) is 5.92 Å². The Kier molecular flexibility index (Phi) is 3.79. The quantitative estimate of drug-likeness (QED) is 0.286. The molecule has 0 bridgehead atoms. The lowest BCUT2D eigenvalue weighted by Crippen LogP contribution is -2.33. The van der Waals surface area contributed by atoms with Crippen LogP contribution in [0.4, 0.5) is 0 Å². The highest BCUT2D eigenvalue weighted by Crippen LogP contribution is 2.38. The summed E-state index contributed by atoms with van der Waals surface area (Å²) < 4.78 is 11.0. The van der Waals surface area contributed by atoms with Gasteiger partial charge in [0.25, 0.3) is 0 Å². The van der Waals surface area contributed by atoms with Gasteiger partial charge in [-0.2, -0.15) is 4.57 Å². The minimum absolute atomic E-state index is 0.464. The number of benzene rings is 3. The summed E-state index contributed by atoms with van der Waals surface area (Å²) in [5, 5.41) is 4.85. The van der Waals surface area contributed by atoms with Crippen LogP contribution in [0.5, 0.6) is 0 Å². The van der Waals surface area contributed by atoms with Crippen LogP contribution in [0.15, 0.2) is 77.3 Å². The monoisotopic (exact) mass is 405 g/mol. The molecule has 0 saturated heterocycles. The molecule has 0 N–H and O–H groups in total. The lowest BCUT2D eigenvalue weighted by molar-refractivity contribution is -0.664. The summed E-state index contributed by atoms with van der Waals surface area (Å²) in [6, 6.07) is 23.7. The predicted octanol–water partition coefficient (Wildman–Crippen LogP) is 6.94. The minimum Gasteiger partial charge on any atom is -0.447 e. The molecular formula is C28H25N2O+. The first-order valence-corrected chi connectivity index (χ1v) is 10.9. The zero-order valence-corrected chi connectivity index (χ0v) is 18.3. The molecule has 0 spiro atoms. The zero-order chi connectivity index (χ0) is 21.3. The van der Waals surface area contributed by atoms with E-state index >= 15 is 0 Å². The van der Waals surface area contributed by atoms with Crippen LogP contribution in [0.1, 0.15) is 30.9 Å². The summed E-state index contributed by atoms with van der Waals surface area (Å²) in [6.45, 7) is 6.79. The molecule has 0 amide bonds. The number of nitrogens with zero attached hydrogens (tertiary/aromatic N) is 2. The van der Waals surface area contributed by atoms with E-state index in [4.69, 9.17) is 4.42 Å². The van der Waals surface area contributed by atoms with Crippen LogP contribution in [0.3, 0.4) is 0 Å². The Labute approximate surface area is 181 Å². The third-order valence-corrected chi connectivity index (χ3v) is 6.60. The molecule has 0 radical (unpaired) electrons. The number of hydrogen-bond donors (Lipinski definition) is 0. The summed E-state index contributed by atoms with van der Waals surface area (Å²) >= 11 is 0. The van der Waals surface area contributed by atoms with E-state index in [0.717, 1.165) is 27.8 Å². The molecule has 3 heteroatoms. The average Bonchev–Trinajstić information content (AvgIpc) is 3.30. The topological polar surface area (TPSA) is 21.9 Å². The maximum absolute atomic E-state index is 6.46. The molecule has 0 saturated carbocycles. The van der Waals surface area contributed by atoms with Crippen LogP contribution in [-0.2, 0) is 7.05 Å². The van der Waals surface area contributed by atoms with Gasteiger partial charge in [-0.1, -0.05) is 50.2 Å². The van der Waals surface area contributed by atoms with Gasteiger partial charge in [-0.05, 0) is 48.7 Å². The highest BCUT2D eigenvalue weighted by molar-refractivity contribution is 6.12. The van der Waals surface area contributed by atoms with Gasteiger partial charge in [0.05, 0.1) is 13.2 Å².